The molecule has 1 atom stereocenters. The summed E-state index contributed by atoms with van der Waals surface area (Å²) in [5.74, 6) is 0.374. The molecule has 0 radical (unpaired) electrons. The lowest BCUT2D eigenvalue weighted by Gasteiger charge is -2.41. The van der Waals surface area contributed by atoms with Gasteiger partial charge >= 0.3 is 0 Å². The molecule has 2 fully saturated rings. The lowest BCUT2D eigenvalue weighted by atomic mass is 9.94. The molecule has 164 valence electrons. The van der Waals surface area contributed by atoms with Crippen LogP contribution in [0.4, 0.5) is 5.69 Å². The third-order valence-corrected chi connectivity index (χ3v) is 6.60. The Kier molecular flexibility index (Phi) is 7.07. The number of rotatable bonds is 6. The van der Waals surface area contributed by atoms with Gasteiger partial charge in [0.2, 0.25) is 5.91 Å². The van der Waals surface area contributed by atoms with Gasteiger partial charge in [0, 0.05) is 57.0 Å². The maximum absolute atomic E-state index is 13.1. The summed E-state index contributed by atoms with van der Waals surface area (Å²) in [6.45, 7) is 6.67. The van der Waals surface area contributed by atoms with Crippen LogP contribution in [-0.4, -0.2) is 77.3 Å². The third-order valence-electron chi connectivity index (χ3n) is 6.60. The van der Waals surface area contributed by atoms with E-state index in [2.05, 4.69) is 4.90 Å². The summed E-state index contributed by atoms with van der Waals surface area (Å²) in [5.41, 5.74) is 0.850. The highest BCUT2D eigenvalue weighted by molar-refractivity contribution is 5.95. The van der Waals surface area contributed by atoms with E-state index in [9.17, 15) is 19.7 Å². The Balaban J connectivity index is 1.69. The first kappa shape index (κ1) is 22.2. The number of carbonyl (C=O) groups is 2. The Bertz CT molecular complexity index is 798. The van der Waals surface area contributed by atoms with Gasteiger partial charge in [-0.2, -0.15) is 0 Å². The highest BCUT2D eigenvalue weighted by Crippen LogP contribution is 2.32. The minimum atomic E-state index is -0.452. The minimum Gasteiger partial charge on any atom is -0.345 e. The van der Waals surface area contributed by atoms with E-state index in [1.165, 1.54) is 18.9 Å². The molecule has 0 N–H and O–H groups in total. The van der Waals surface area contributed by atoms with Crippen molar-refractivity contribution in [3.8, 4) is 0 Å². The van der Waals surface area contributed by atoms with Crippen molar-refractivity contribution < 1.29 is 14.5 Å². The van der Waals surface area contributed by atoms with E-state index in [4.69, 9.17) is 0 Å². The van der Waals surface area contributed by atoms with Gasteiger partial charge in [-0.05, 0) is 38.7 Å². The van der Waals surface area contributed by atoms with E-state index in [1.807, 2.05) is 14.0 Å². The number of aryl methyl sites for hydroxylation is 1. The topological polar surface area (TPSA) is 87.0 Å². The average molecular weight is 417 g/mol. The lowest BCUT2D eigenvalue weighted by molar-refractivity contribution is -0.385. The molecule has 0 aromatic heterocycles. The molecule has 1 heterocycles. The summed E-state index contributed by atoms with van der Waals surface area (Å²) in [7, 11) is 1.86. The maximum atomic E-state index is 13.1. The molecule has 0 bridgehead atoms. The van der Waals surface area contributed by atoms with Gasteiger partial charge in [0.25, 0.3) is 11.6 Å². The Morgan fingerprint density at radius 3 is 2.40 bits per heavy atom. The van der Waals surface area contributed by atoms with Gasteiger partial charge in [0.15, 0.2) is 0 Å². The molecule has 3 rings (SSSR count). The van der Waals surface area contributed by atoms with E-state index in [1.54, 1.807) is 28.9 Å². The van der Waals surface area contributed by atoms with Gasteiger partial charge in [-0.1, -0.05) is 18.9 Å². The molecule has 2 amide bonds. The van der Waals surface area contributed by atoms with Crippen molar-refractivity contribution in [2.75, 3.05) is 39.8 Å². The number of nitrogens with zero attached hydrogens (tertiary/aromatic N) is 4. The van der Waals surface area contributed by atoms with Crippen molar-refractivity contribution in [1.82, 2.24) is 14.7 Å². The van der Waals surface area contributed by atoms with Crippen molar-refractivity contribution in [2.45, 2.75) is 45.6 Å². The first-order chi connectivity index (χ1) is 14.3. The molecule has 1 aromatic carbocycles. The van der Waals surface area contributed by atoms with Gasteiger partial charge in [-0.15, -0.1) is 0 Å². The van der Waals surface area contributed by atoms with E-state index >= 15 is 0 Å². The molecule has 1 unspecified atom stereocenters. The third kappa shape index (κ3) is 4.64. The van der Waals surface area contributed by atoms with E-state index in [0.29, 0.717) is 49.8 Å². The Labute approximate surface area is 178 Å². The Morgan fingerprint density at radius 1 is 1.20 bits per heavy atom. The van der Waals surface area contributed by atoms with Crippen LogP contribution in [0, 0.1) is 23.0 Å². The van der Waals surface area contributed by atoms with Crippen LogP contribution in [0.3, 0.4) is 0 Å². The monoisotopic (exact) mass is 416 g/mol. The molecular formula is C22H32N4O4. The molecule has 1 aliphatic heterocycles. The normalized spacial score (nSPS) is 19.0. The number of nitro benzene ring substituents is 1. The summed E-state index contributed by atoms with van der Waals surface area (Å²) in [6, 6.07) is 4.52. The van der Waals surface area contributed by atoms with Crippen LogP contribution in [0.25, 0.3) is 0 Å². The molecule has 1 saturated carbocycles. The molecule has 30 heavy (non-hydrogen) atoms. The number of piperazine rings is 1. The second-order valence-electron chi connectivity index (χ2n) is 8.43. The van der Waals surface area contributed by atoms with Crippen molar-refractivity contribution in [2.24, 2.45) is 5.92 Å². The second-order valence-corrected chi connectivity index (χ2v) is 8.43. The number of likely N-dealkylation sites (N-methyl/N-ethyl adjacent to an activating group) is 1. The zero-order chi connectivity index (χ0) is 21.8. The van der Waals surface area contributed by atoms with E-state index < -0.39 is 4.92 Å². The van der Waals surface area contributed by atoms with Crippen LogP contribution >= 0.6 is 0 Å². The minimum absolute atomic E-state index is 0.0333. The van der Waals surface area contributed by atoms with Crippen LogP contribution in [0.5, 0.6) is 0 Å². The maximum Gasteiger partial charge on any atom is 0.273 e. The SMILES string of the molecule is CCN(C)C(=O)C(C1CCCC1)N1CCN(C(=O)c2ccc(C)c([N+](=O)[O-])c2)CC1. The van der Waals surface area contributed by atoms with Crippen molar-refractivity contribution in [3.63, 3.8) is 0 Å². The van der Waals surface area contributed by atoms with Crippen LogP contribution in [-0.2, 0) is 4.79 Å². The fourth-order valence-electron chi connectivity index (χ4n) is 4.64. The fraction of sp³-hybridized carbons (Fsp3) is 0.636. The van der Waals surface area contributed by atoms with Gasteiger partial charge in [0.05, 0.1) is 11.0 Å². The van der Waals surface area contributed by atoms with E-state index in [0.717, 1.165) is 12.8 Å². The summed E-state index contributed by atoms with van der Waals surface area (Å²) >= 11 is 0. The van der Waals surface area contributed by atoms with E-state index in [-0.39, 0.29) is 23.5 Å². The van der Waals surface area contributed by atoms with Crippen LogP contribution in [0.15, 0.2) is 18.2 Å². The molecule has 1 saturated heterocycles. The smallest absolute Gasteiger partial charge is 0.273 e. The molecule has 0 spiro atoms. The molecule has 8 heteroatoms. The first-order valence-electron chi connectivity index (χ1n) is 10.9. The lowest BCUT2D eigenvalue weighted by Crippen LogP contribution is -2.58. The number of carbonyl (C=O) groups excluding carboxylic acids is 2. The fourth-order valence-corrected chi connectivity index (χ4v) is 4.64. The average Bonchev–Trinajstić information content (AvgIpc) is 3.27. The number of hydrogen-bond acceptors (Lipinski definition) is 5. The van der Waals surface area contributed by atoms with Crippen molar-refractivity contribution >= 4 is 17.5 Å². The predicted octanol–water partition coefficient (Wildman–Crippen LogP) is 2.70. The summed E-state index contributed by atoms with van der Waals surface area (Å²) in [4.78, 5) is 42.5. The second kappa shape index (κ2) is 9.55. The highest BCUT2D eigenvalue weighted by atomic mass is 16.6. The molecular weight excluding hydrogens is 384 g/mol. The molecule has 8 nitrogen and oxygen atoms in total. The van der Waals surface area contributed by atoms with Crippen LogP contribution < -0.4 is 0 Å². The number of nitro groups is 1. The highest BCUT2D eigenvalue weighted by Gasteiger charge is 2.38. The first-order valence-corrected chi connectivity index (χ1v) is 10.9. The van der Waals surface area contributed by atoms with Crippen molar-refractivity contribution in [1.29, 1.82) is 0 Å². The number of benzene rings is 1. The summed E-state index contributed by atoms with van der Waals surface area (Å²) < 4.78 is 0. The quantitative estimate of drug-likeness (QED) is 0.526. The summed E-state index contributed by atoms with van der Waals surface area (Å²) in [6.07, 6.45) is 4.52. The zero-order valence-corrected chi connectivity index (χ0v) is 18.2. The van der Waals surface area contributed by atoms with Gasteiger partial charge in [-0.25, -0.2) is 0 Å². The molecule has 2 aliphatic rings. The zero-order valence-electron chi connectivity index (χ0n) is 18.2. The number of hydrogen-bond donors (Lipinski definition) is 0. The van der Waals surface area contributed by atoms with Crippen LogP contribution in [0.1, 0.15) is 48.5 Å². The van der Waals surface area contributed by atoms with Gasteiger partial charge < -0.3 is 9.80 Å². The van der Waals surface area contributed by atoms with Gasteiger partial charge in [-0.3, -0.25) is 24.6 Å². The van der Waals surface area contributed by atoms with Crippen molar-refractivity contribution in [3.05, 3.63) is 39.4 Å². The standard InChI is InChI=1S/C22H32N4O4/c1-4-23(3)22(28)20(17-7-5-6-8-17)24-11-13-25(14-12-24)21(27)18-10-9-16(2)19(15-18)26(29)30/h9-10,15,17,20H,4-8,11-14H2,1-3H3. The number of amides is 2. The predicted molar refractivity (Wildman–Crippen MR) is 114 cm³/mol. The van der Waals surface area contributed by atoms with Crippen LogP contribution in [0.2, 0.25) is 0 Å². The Morgan fingerprint density at radius 2 is 1.83 bits per heavy atom. The largest absolute Gasteiger partial charge is 0.345 e. The molecule has 1 aliphatic carbocycles. The Hall–Kier alpha value is -2.48. The van der Waals surface area contributed by atoms with Gasteiger partial charge in [0.1, 0.15) is 0 Å². The summed E-state index contributed by atoms with van der Waals surface area (Å²) in [5, 5.41) is 11.2. The molecule has 1 aromatic rings.